The van der Waals surface area contributed by atoms with E-state index in [1.807, 2.05) is 17.0 Å². The summed E-state index contributed by atoms with van der Waals surface area (Å²) in [7, 11) is 1.58. The lowest BCUT2D eigenvalue weighted by atomic mass is 9.83. The standard InChI is InChI=1S/C55H66FN11O7S/c1-33-41-31-58-55(62-50(41)67(39-14-8-9-15-39)53(73)47(33)35(3)68)60-44-24-23-40(30-57-44)64-26-28-65(29-27-64)46(70)18-10-17-45(69)63(4)34(2)51(72)61-48(36-12-6-5-7-13-36)54(74)66-25-11-16-43(66)52-59-42(32-75-52)49(71)37-19-21-38(56)22-20-37/h19-24,30-32,34,36,39,43,48H,5-18,25-29H2,1-4H3,(H,61,72)(H,57,58,60,62)/t34-,43-,48-/m0/s1. The summed E-state index contributed by atoms with van der Waals surface area (Å²) in [5.74, 6) is -1.22. The minimum Gasteiger partial charge on any atom is -0.367 e. The lowest BCUT2D eigenvalue weighted by Gasteiger charge is -2.36. The maximum absolute atomic E-state index is 14.5. The van der Waals surface area contributed by atoms with Crippen molar-refractivity contribution in [3.63, 3.8) is 0 Å². The van der Waals surface area contributed by atoms with Crippen molar-refractivity contribution in [3.8, 4) is 0 Å². The van der Waals surface area contributed by atoms with E-state index in [-0.39, 0.29) is 82.9 Å². The number of piperazine rings is 1. The van der Waals surface area contributed by atoms with Gasteiger partial charge in [0.05, 0.1) is 23.5 Å². The van der Waals surface area contributed by atoms with Crippen molar-refractivity contribution in [3.05, 3.63) is 97.7 Å². The number of likely N-dealkylation sites (tertiary alicyclic amines) is 1. The highest BCUT2D eigenvalue weighted by Crippen LogP contribution is 2.37. The summed E-state index contributed by atoms with van der Waals surface area (Å²) in [4.78, 5) is 120. The topological polar surface area (TPSA) is 213 Å². The van der Waals surface area contributed by atoms with Crippen LogP contribution in [-0.4, -0.2) is 126 Å². The van der Waals surface area contributed by atoms with Gasteiger partial charge in [0.15, 0.2) is 5.78 Å². The SMILES string of the molecule is CC(=O)c1c(C)c2cnc(Nc3ccc(N4CCN(C(=O)CCCC(=O)N(C)[C@@H](C)C(=O)N[C@H](C(=O)N5CCC[C@H]5c5nc(C(=O)c6ccc(F)cc6)cs5)C5CCCCC5)CC4)cn3)nc2n(C2CCCC2)c1=O. The van der Waals surface area contributed by atoms with Gasteiger partial charge in [-0.2, -0.15) is 4.98 Å². The number of halogens is 1. The number of fused-ring (bicyclic) bond motifs is 1. The monoisotopic (exact) mass is 1040 g/mol. The number of amides is 4. The number of hydrogen-bond acceptors (Lipinski definition) is 14. The van der Waals surface area contributed by atoms with Crippen LogP contribution in [-0.2, 0) is 19.2 Å². The summed E-state index contributed by atoms with van der Waals surface area (Å²) in [5.41, 5.74) is 2.40. The fourth-order valence-corrected chi connectivity index (χ4v) is 12.2. The molecule has 4 aromatic heterocycles. The first kappa shape index (κ1) is 52.9. The summed E-state index contributed by atoms with van der Waals surface area (Å²) in [6, 6.07) is 7.05. The molecule has 3 atom stereocenters. The smallest absolute Gasteiger partial charge is 0.263 e. The van der Waals surface area contributed by atoms with Gasteiger partial charge in [-0.1, -0.05) is 32.1 Å². The number of carbonyl (C=O) groups is 6. The second-order valence-corrected chi connectivity index (χ2v) is 21.4. The van der Waals surface area contributed by atoms with E-state index in [0.717, 1.165) is 69.9 Å². The van der Waals surface area contributed by atoms with E-state index >= 15 is 0 Å². The predicted octanol–water partition coefficient (Wildman–Crippen LogP) is 7.48. The minimum atomic E-state index is -0.867. The van der Waals surface area contributed by atoms with Gasteiger partial charge in [0.2, 0.25) is 35.4 Å². The molecule has 2 aliphatic heterocycles. The molecule has 0 unspecified atom stereocenters. The van der Waals surface area contributed by atoms with E-state index in [1.165, 1.54) is 47.4 Å². The van der Waals surface area contributed by atoms with E-state index in [2.05, 4.69) is 30.5 Å². The molecule has 75 heavy (non-hydrogen) atoms. The number of aryl methyl sites for hydroxylation is 1. The highest BCUT2D eigenvalue weighted by molar-refractivity contribution is 7.10. The van der Waals surface area contributed by atoms with Crippen LogP contribution >= 0.6 is 11.3 Å². The number of carbonyl (C=O) groups excluding carboxylic acids is 6. The Bertz CT molecular complexity index is 3000. The first-order chi connectivity index (χ1) is 36.2. The molecule has 2 saturated carbocycles. The molecule has 0 bridgehead atoms. The van der Waals surface area contributed by atoms with E-state index in [4.69, 9.17) is 4.98 Å². The molecule has 2 saturated heterocycles. The fraction of sp³-hybridized carbons (Fsp3) is 0.509. The number of thiazole rings is 1. The van der Waals surface area contributed by atoms with Crippen molar-refractivity contribution in [1.82, 2.24) is 44.5 Å². The highest BCUT2D eigenvalue weighted by atomic mass is 32.1. The number of likely N-dealkylation sites (N-methyl/N-ethyl adjacent to an activating group) is 1. The Labute approximate surface area is 439 Å². The Morgan fingerprint density at radius 2 is 1.56 bits per heavy atom. The fourth-order valence-electron chi connectivity index (χ4n) is 11.3. The molecule has 4 amide bonds. The van der Waals surface area contributed by atoms with Gasteiger partial charge in [-0.25, -0.2) is 19.3 Å². The number of rotatable bonds is 17. The summed E-state index contributed by atoms with van der Waals surface area (Å²) in [6.07, 6.45) is 13.7. The summed E-state index contributed by atoms with van der Waals surface area (Å²) >= 11 is 1.31. The number of nitrogens with one attached hydrogen (secondary N) is 2. The Morgan fingerprint density at radius 3 is 2.25 bits per heavy atom. The van der Waals surface area contributed by atoms with Crippen LogP contribution in [0.4, 0.5) is 21.8 Å². The molecular formula is C55H66FN11O7S. The van der Waals surface area contributed by atoms with Crippen molar-refractivity contribution in [2.24, 2.45) is 5.92 Å². The van der Waals surface area contributed by atoms with Gasteiger partial charge in [-0.3, -0.25) is 38.1 Å². The Balaban J connectivity index is 0.743. The molecule has 5 aromatic rings. The average molecular weight is 1040 g/mol. The molecular weight excluding hydrogens is 978 g/mol. The largest absolute Gasteiger partial charge is 0.367 e. The van der Waals surface area contributed by atoms with E-state index in [1.54, 1.807) is 48.1 Å². The lowest BCUT2D eigenvalue weighted by molar-refractivity contribution is -0.142. The van der Waals surface area contributed by atoms with Gasteiger partial charge < -0.3 is 30.2 Å². The number of pyridine rings is 2. The van der Waals surface area contributed by atoms with Crippen molar-refractivity contribution in [2.45, 2.75) is 135 Å². The van der Waals surface area contributed by atoms with Crippen LogP contribution in [0.2, 0.25) is 0 Å². The minimum absolute atomic E-state index is 0.0323. The average Bonchev–Trinajstić information content (AvgIpc) is 4.25. The van der Waals surface area contributed by atoms with E-state index < -0.39 is 23.8 Å². The van der Waals surface area contributed by atoms with Gasteiger partial charge in [0.25, 0.3) is 5.56 Å². The Kier molecular flexibility index (Phi) is 16.4. The van der Waals surface area contributed by atoms with Crippen LogP contribution in [0.25, 0.3) is 11.0 Å². The van der Waals surface area contributed by atoms with E-state index in [9.17, 15) is 38.0 Å². The molecule has 6 heterocycles. The molecule has 0 radical (unpaired) electrons. The van der Waals surface area contributed by atoms with Crippen LogP contribution in [0.5, 0.6) is 0 Å². The molecule has 0 spiro atoms. The zero-order valence-electron chi connectivity index (χ0n) is 43.2. The van der Waals surface area contributed by atoms with Crippen LogP contribution in [0.15, 0.2) is 59.0 Å². The van der Waals surface area contributed by atoms with Crippen molar-refractivity contribution >= 4 is 75.0 Å². The normalized spacial score (nSPS) is 18.3. The maximum Gasteiger partial charge on any atom is 0.263 e. The number of nitrogens with zero attached hydrogens (tertiary/aromatic N) is 9. The number of ketones is 2. The van der Waals surface area contributed by atoms with Crippen molar-refractivity contribution in [2.75, 3.05) is 50.0 Å². The Morgan fingerprint density at radius 1 is 0.840 bits per heavy atom. The summed E-state index contributed by atoms with van der Waals surface area (Å²) < 4.78 is 15.2. The van der Waals surface area contributed by atoms with Gasteiger partial charge in [0, 0.05) is 81.2 Å². The quantitative estimate of drug-likeness (QED) is 0.0866. The van der Waals surface area contributed by atoms with Crippen molar-refractivity contribution < 1.29 is 33.2 Å². The molecule has 4 fully saturated rings. The molecule has 20 heteroatoms. The number of anilines is 3. The summed E-state index contributed by atoms with van der Waals surface area (Å²) in [6.45, 7) is 7.51. The number of aromatic nitrogens is 5. The molecule has 2 aliphatic carbocycles. The van der Waals surface area contributed by atoms with Crippen LogP contribution in [0.3, 0.4) is 0 Å². The van der Waals surface area contributed by atoms with Gasteiger partial charge in [0.1, 0.15) is 40.1 Å². The first-order valence-corrected chi connectivity index (χ1v) is 27.4. The third-order valence-corrected chi connectivity index (χ3v) is 16.7. The van der Waals surface area contributed by atoms with Gasteiger partial charge in [-0.15, -0.1) is 11.3 Å². The molecule has 18 nitrogen and oxygen atoms in total. The summed E-state index contributed by atoms with van der Waals surface area (Å²) in [5, 5.41) is 9.22. The molecule has 2 N–H and O–H groups in total. The zero-order chi connectivity index (χ0) is 52.9. The third kappa shape index (κ3) is 11.6. The molecule has 1 aromatic carbocycles. The first-order valence-electron chi connectivity index (χ1n) is 26.5. The molecule has 9 rings (SSSR count). The highest BCUT2D eigenvalue weighted by Gasteiger charge is 2.41. The second-order valence-electron chi connectivity index (χ2n) is 20.5. The third-order valence-electron chi connectivity index (χ3n) is 15.7. The number of hydrogen-bond donors (Lipinski definition) is 2. The number of Topliss-reactive ketones (excluding diaryl/α,β-unsaturated/α-hetero) is 1. The van der Waals surface area contributed by atoms with Gasteiger partial charge in [-0.05, 0) is 114 Å². The maximum atomic E-state index is 14.5. The van der Waals surface area contributed by atoms with E-state index in [0.29, 0.717) is 78.6 Å². The van der Waals surface area contributed by atoms with Crippen LogP contribution < -0.4 is 21.1 Å². The molecule has 4 aliphatic rings. The van der Waals surface area contributed by atoms with Gasteiger partial charge >= 0.3 is 0 Å². The van der Waals surface area contributed by atoms with Crippen molar-refractivity contribution in [1.29, 1.82) is 0 Å². The van der Waals surface area contributed by atoms with Crippen LogP contribution in [0, 0.1) is 18.7 Å². The lowest BCUT2D eigenvalue weighted by Crippen LogP contribution is -2.56. The Hall–Kier alpha value is -6.96. The second kappa shape index (κ2) is 23.3. The number of benzene rings is 1. The molecule has 396 valence electrons. The zero-order valence-corrected chi connectivity index (χ0v) is 44.0. The predicted molar refractivity (Wildman–Crippen MR) is 283 cm³/mol. The van der Waals surface area contributed by atoms with Crippen LogP contribution in [0.1, 0.15) is 153 Å².